The number of anilines is 1. The van der Waals surface area contributed by atoms with Gasteiger partial charge in [-0.15, -0.1) is 0 Å². The third-order valence-corrected chi connectivity index (χ3v) is 6.97. The molecule has 3 aromatic rings. The molecule has 2 aliphatic heterocycles. The van der Waals surface area contributed by atoms with Crippen molar-refractivity contribution in [1.82, 2.24) is 10.4 Å². The number of nitrogens with zero attached hydrogens (tertiary/aromatic N) is 2. The predicted octanol–water partition coefficient (Wildman–Crippen LogP) is 3.88. The third-order valence-electron chi connectivity index (χ3n) is 6.97. The van der Waals surface area contributed by atoms with Crippen molar-refractivity contribution in [3.8, 4) is 5.75 Å². The van der Waals surface area contributed by atoms with Gasteiger partial charge in [0.2, 0.25) is 5.91 Å². The van der Waals surface area contributed by atoms with Crippen LogP contribution in [0.5, 0.6) is 5.75 Å². The number of benzene rings is 3. The number of carbonyl (C=O) groups is 3. The number of hydrogen-bond acceptors (Lipinski definition) is 5. The van der Waals surface area contributed by atoms with Gasteiger partial charge in [0.1, 0.15) is 11.8 Å². The standard InChI is InChI=1S/C28H27N3O4/c1-16-9-12-19(13-10-16)26(32)31-25-23(24(29-31)21-7-5-6-8-22(21)35-4)27(33)30(28(25)34)20-14-11-17(2)18(3)15-20/h5-15,23-25,29H,1-4H3/t23-,24-,25+/m0/s1. The molecule has 178 valence electrons. The molecule has 3 amide bonds. The van der Waals surface area contributed by atoms with Crippen molar-refractivity contribution in [2.45, 2.75) is 32.9 Å². The van der Waals surface area contributed by atoms with Crippen LogP contribution in [0.3, 0.4) is 0 Å². The Morgan fingerprint density at radius 2 is 1.60 bits per heavy atom. The first-order chi connectivity index (χ1) is 16.8. The fraction of sp³-hybridized carbons (Fsp3) is 0.250. The summed E-state index contributed by atoms with van der Waals surface area (Å²) in [5.74, 6) is -1.34. The summed E-state index contributed by atoms with van der Waals surface area (Å²) >= 11 is 0. The lowest BCUT2D eigenvalue weighted by Crippen LogP contribution is -2.48. The van der Waals surface area contributed by atoms with Gasteiger partial charge in [-0.2, -0.15) is 0 Å². The van der Waals surface area contributed by atoms with Crippen LogP contribution < -0.4 is 15.1 Å². The normalized spacial score (nSPS) is 21.4. The SMILES string of the molecule is COc1ccccc1[C@@H]1NN(C(=O)c2ccc(C)cc2)[C@H]2C(=O)N(c3ccc(C)c(C)c3)C(=O)[C@@H]12. The first-order valence-electron chi connectivity index (χ1n) is 11.6. The fourth-order valence-corrected chi connectivity index (χ4v) is 4.91. The summed E-state index contributed by atoms with van der Waals surface area (Å²) in [4.78, 5) is 42.4. The number of rotatable bonds is 4. The molecule has 5 rings (SSSR count). The van der Waals surface area contributed by atoms with Gasteiger partial charge < -0.3 is 4.74 Å². The second-order valence-electron chi connectivity index (χ2n) is 9.14. The van der Waals surface area contributed by atoms with Crippen molar-refractivity contribution in [1.29, 1.82) is 0 Å². The van der Waals surface area contributed by atoms with Gasteiger partial charge in [-0.3, -0.25) is 19.4 Å². The van der Waals surface area contributed by atoms with Crippen LogP contribution in [0.2, 0.25) is 0 Å². The zero-order valence-electron chi connectivity index (χ0n) is 20.1. The second kappa shape index (κ2) is 8.67. The number of hydrazine groups is 1. The molecule has 2 heterocycles. The lowest BCUT2D eigenvalue weighted by atomic mass is 9.90. The van der Waals surface area contributed by atoms with Crippen molar-refractivity contribution in [2.24, 2.45) is 5.92 Å². The number of ether oxygens (including phenoxy) is 1. The molecule has 0 spiro atoms. The van der Waals surface area contributed by atoms with Gasteiger partial charge in [0.25, 0.3) is 11.8 Å². The van der Waals surface area contributed by atoms with E-state index in [4.69, 9.17) is 4.74 Å². The summed E-state index contributed by atoms with van der Waals surface area (Å²) in [6, 6.07) is 18.4. The summed E-state index contributed by atoms with van der Waals surface area (Å²) in [5, 5.41) is 1.33. The van der Waals surface area contributed by atoms with E-state index in [2.05, 4.69) is 5.43 Å². The summed E-state index contributed by atoms with van der Waals surface area (Å²) < 4.78 is 5.55. The number of methoxy groups -OCH3 is 1. The molecule has 1 N–H and O–H groups in total. The summed E-state index contributed by atoms with van der Waals surface area (Å²) in [6.45, 7) is 5.86. The van der Waals surface area contributed by atoms with Crippen LogP contribution in [-0.2, 0) is 9.59 Å². The van der Waals surface area contributed by atoms with Crippen molar-refractivity contribution in [3.63, 3.8) is 0 Å². The van der Waals surface area contributed by atoms with Crippen LogP contribution >= 0.6 is 0 Å². The minimum absolute atomic E-state index is 0.342. The maximum Gasteiger partial charge on any atom is 0.268 e. The predicted molar refractivity (Wildman–Crippen MR) is 132 cm³/mol. The number of fused-ring (bicyclic) bond motifs is 1. The molecule has 0 bridgehead atoms. The van der Waals surface area contributed by atoms with E-state index in [1.54, 1.807) is 31.4 Å². The Hall–Kier alpha value is -3.97. The van der Waals surface area contributed by atoms with Crippen LogP contribution in [0.1, 0.15) is 38.7 Å². The van der Waals surface area contributed by atoms with Crippen LogP contribution in [0, 0.1) is 26.7 Å². The largest absolute Gasteiger partial charge is 0.496 e. The number of hydrogen-bond donors (Lipinski definition) is 1. The Morgan fingerprint density at radius 3 is 2.29 bits per heavy atom. The first kappa shape index (κ1) is 22.8. The van der Waals surface area contributed by atoms with E-state index < -0.39 is 23.9 Å². The van der Waals surface area contributed by atoms with E-state index in [-0.39, 0.29) is 11.8 Å². The van der Waals surface area contributed by atoms with E-state index in [1.165, 1.54) is 9.91 Å². The average Bonchev–Trinajstić information content (AvgIpc) is 3.37. The summed E-state index contributed by atoms with van der Waals surface area (Å²) in [6.07, 6.45) is 0. The lowest BCUT2D eigenvalue weighted by molar-refractivity contribution is -0.123. The van der Waals surface area contributed by atoms with Gasteiger partial charge in [-0.25, -0.2) is 10.3 Å². The van der Waals surface area contributed by atoms with Crippen LogP contribution in [-0.4, -0.2) is 35.9 Å². The van der Waals surface area contributed by atoms with Crippen LogP contribution in [0.25, 0.3) is 0 Å². The van der Waals surface area contributed by atoms with Crippen molar-refractivity contribution < 1.29 is 19.1 Å². The maximum absolute atomic E-state index is 13.8. The monoisotopic (exact) mass is 469 g/mol. The van der Waals surface area contributed by atoms with Crippen molar-refractivity contribution in [3.05, 3.63) is 94.5 Å². The molecule has 0 saturated carbocycles. The molecule has 3 aromatic carbocycles. The second-order valence-corrected chi connectivity index (χ2v) is 9.14. The minimum Gasteiger partial charge on any atom is -0.496 e. The maximum atomic E-state index is 13.8. The Kier molecular flexibility index (Phi) is 5.65. The zero-order valence-corrected chi connectivity index (χ0v) is 20.1. The Bertz CT molecular complexity index is 1330. The zero-order chi connectivity index (χ0) is 24.9. The minimum atomic E-state index is -0.979. The Morgan fingerprint density at radius 1 is 0.886 bits per heavy atom. The molecule has 2 saturated heterocycles. The Balaban J connectivity index is 1.61. The highest BCUT2D eigenvalue weighted by Crippen LogP contribution is 2.44. The molecule has 0 aliphatic carbocycles. The molecular formula is C28H27N3O4. The summed E-state index contributed by atoms with van der Waals surface area (Å²) in [5.41, 5.74) is 7.92. The molecule has 2 aliphatic rings. The molecule has 3 atom stereocenters. The number of nitrogens with one attached hydrogen (secondary N) is 1. The van der Waals surface area contributed by atoms with Gasteiger partial charge in [0, 0.05) is 11.1 Å². The molecule has 2 fully saturated rings. The molecule has 7 nitrogen and oxygen atoms in total. The van der Waals surface area contributed by atoms with E-state index in [9.17, 15) is 14.4 Å². The number of aryl methyl sites for hydroxylation is 3. The van der Waals surface area contributed by atoms with E-state index >= 15 is 0 Å². The highest BCUT2D eigenvalue weighted by atomic mass is 16.5. The van der Waals surface area contributed by atoms with Crippen molar-refractivity contribution >= 4 is 23.4 Å². The third kappa shape index (κ3) is 3.68. The molecular weight excluding hydrogens is 442 g/mol. The van der Waals surface area contributed by atoms with E-state index in [0.29, 0.717) is 22.6 Å². The number of para-hydroxylation sites is 1. The van der Waals surface area contributed by atoms with Crippen LogP contribution in [0.4, 0.5) is 5.69 Å². The molecule has 0 aromatic heterocycles. The van der Waals surface area contributed by atoms with Gasteiger partial charge in [0.15, 0.2) is 0 Å². The van der Waals surface area contributed by atoms with Gasteiger partial charge in [-0.1, -0.05) is 42.0 Å². The van der Waals surface area contributed by atoms with Crippen molar-refractivity contribution in [2.75, 3.05) is 12.0 Å². The lowest BCUT2D eigenvalue weighted by Gasteiger charge is -2.26. The molecule has 7 heteroatoms. The molecule has 0 unspecified atom stereocenters. The highest BCUT2D eigenvalue weighted by Gasteiger charge is 2.60. The van der Waals surface area contributed by atoms with Gasteiger partial charge >= 0.3 is 0 Å². The van der Waals surface area contributed by atoms with Gasteiger partial charge in [-0.05, 0) is 62.2 Å². The number of amides is 3. The topological polar surface area (TPSA) is 79.0 Å². The molecule has 35 heavy (non-hydrogen) atoms. The fourth-order valence-electron chi connectivity index (χ4n) is 4.91. The quantitative estimate of drug-likeness (QED) is 0.587. The number of carbonyl (C=O) groups excluding carboxylic acids is 3. The smallest absolute Gasteiger partial charge is 0.268 e. The van der Waals surface area contributed by atoms with E-state index in [0.717, 1.165) is 16.7 Å². The Labute approximate surface area is 204 Å². The van der Waals surface area contributed by atoms with Crippen LogP contribution in [0.15, 0.2) is 66.7 Å². The van der Waals surface area contributed by atoms with Gasteiger partial charge in [0.05, 0.1) is 24.8 Å². The first-order valence-corrected chi connectivity index (χ1v) is 11.6. The summed E-state index contributed by atoms with van der Waals surface area (Å²) in [7, 11) is 1.56. The molecule has 0 radical (unpaired) electrons. The average molecular weight is 470 g/mol. The van der Waals surface area contributed by atoms with E-state index in [1.807, 2.05) is 63.2 Å². The highest BCUT2D eigenvalue weighted by molar-refractivity contribution is 6.25. The number of imide groups is 1.